The van der Waals surface area contributed by atoms with Crippen LogP contribution in [0, 0.1) is 0 Å². The van der Waals surface area contributed by atoms with Crippen molar-refractivity contribution in [2.24, 2.45) is 0 Å². The van der Waals surface area contributed by atoms with Crippen molar-refractivity contribution in [1.82, 2.24) is 4.98 Å². The van der Waals surface area contributed by atoms with E-state index in [1.54, 1.807) is 0 Å². The number of aromatic nitrogens is 1. The molecular weight excluding hydrogens is 402 g/mol. The fourth-order valence-corrected chi connectivity index (χ4v) is 5.59. The van der Waals surface area contributed by atoms with E-state index in [9.17, 15) is 0 Å². The number of nitrogens with zero attached hydrogens (tertiary/aromatic N) is 1. The van der Waals surface area contributed by atoms with E-state index in [1.165, 1.54) is 47.1 Å². The van der Waals surface area contributed by atoms with Crippen molar-refractivity contribution >= 4 is 79.9 Å². The molecular formula is C23H12BrNS. The Labute approximate surface area is 162 Å². The van der Waals surface area contributed by atoms with Crippen molar-refractivity contribution in [3.05, 3.63) is 77.4 Å². The van der Waals surface area contributed by atoms with Gasteiger partial charge in [0.25, 0.3) is 0 Å². The summed E-state index contributed by atoms with van der Waals surface area (Å²) in [4.78, 5) is 4.89. The van der Waals surface area contributed by atoms with Crippen LogP contribution in [0.15, 0.2) is 77.4 Å². The molecule has 2 heterocycles. The highest BCUT2D eigenvalue weighted by Crippen LogP contribution is 2.43. The van der Waals surface area contributed by atoms with Gasteiger partial charge in [-0.25, -0.2) is 0 Å². The fourth-order valence-electron chi connectivity index (χ4n) is 4.03. The van der Waals surface area contributed by atoms with Crippen molar-refractivity contribution in [1.29, 1.82) is 0 Å². The zero-order chi connectivity index (χ0) is 17.3. The summed E-state index contributed by atoms with van der Waals surface area (Å²) in [6.45, 7) is 0. The molecule has 0 spiro atoms. The number of pyridine rings is 1. The zero-order valence-corrected chi connectivity index (χ0v) is 16.1. The first-order valence-corrected chi connectivity index (χ1v) is 10.1. The average Bonchev–Trinajstić information content (AvgIpc) is 3.06. The molecule has 1 nitrogen and oxygen atoms in total. The molecule has 0 radical (unpaired) electrons. The Morgan fingerprint density at radius 2 is 1.35 bits per heavy atom. The van der Waals surface area contributed by atoms with Crippen LogP contribution in [0.4, 0.5) is 0 Å². The molecule has 0 aliphatic carbocycles. The van der Waals surface area contributed by atoms with Crippen molar-refractivity contribution in [2.75, 3.05) is 0 Å². The number of benzene rings is 4. The molecule has 0 unspecified atom stereocenters. The van der Waals surface area contributed by atoms with E-state index in [0.717, 1.165) is 9.99 Å². The average molecular weight is 414 g/mol. The van der Waals surface area contributed by atoms with Crippen LogP contribution >= 0.6 is 27.3 Å². The molecule has 0 amide bonds. The molecule has 4 aromatic carbocycles. The van der Waals surface area contributed by atoms with Gasteiger partial charge in [0.15, 0.2) is 0 Å². The molecule has 0 bridgehead atoms. The molecule has 0 fully saturated rings. The lowest BCUT2D eigenvalue weighted by Crippen LogP contribution is -1.85. The van der Waals surface area contributed by atoms with Crippen LogP contribution in [0.2, 0.25) is 0 Å². The van der Waals surface area contributed by atoms with E-state index in [-0.39, 0.29) is 0 Å². The maximum absolute atomic E-state index is 4.89. The second-order valence-electron chi connectivity index (χ2n) is 6.56. The summed E-state index contributed by atoms with van der Waals surface area (Å²) in [7, 11) is 0. The van der Waals surface area contributed by atoms with Crippen LogP contribution < -0.4 is 0 Å². The Kier molecular flexibility index (Phi) is 2.96. The predicted molar refractivity (Wildman–Crippen MR) is 117 cm³/mol. The van der Waals surface area contributed by atoms with Gasteiger partial charge in [0, 0.05) is 31.5 Å². The van der Waals surface area contributed by atoms with Crippen LogP contribution in [0.25, 0.3) is 52.6 Å². The lowest BCUT2D eigenvalue weighted by Gasteiger charge is -2.10. The van der Waals surface area contributed by atoms with E-state index in [2.05, 4.69) is 88.9 Å². The van der Waals surface area contributed by atoms with Gasteiger partial charge in [-0.2, -0.15) is 0 Å². The third kappa shape index (κ3) is 1.87. The van der Waals surface area contributed by atoms with Crippen molar-refractivity contribution < 1.29 is 0 Å². The molecule has 6 aromatic rings. The predicted octanol–water partition coefficient (Wildman–Crippen LogP) is 7.67. The highest BCUT2D eigenvalue weighted by atomic mass is 79.9. The van der Waals surface area contributed by atoms with Gasteiger partial charge in [-0.1, -0.05) is 64.5 Å². The number of rotatable bonds is 0. The minimum absolute atomic E-state index is 1.09. The van der Waals surface area contributed by atoms with E-state index >= 15 is 0 Å². The Balaban J connectivity index is 1.98. The van der Waals surface area contributed by atoms with Gasteiger partial charge in [-0.15, -0.1) is 11.3 Å². The van der Waals surface area contributed by atoms with E-state index < -0.39 is 0 Å². The van der Waals surface area contributed by atoms with Crippen LogP contribution in [0.3, 0.4) is 0 Å². The monoisotopic (exact) mass is 413 g/mol. The van der Waals surface area contributed by atoms with Gasteiger partial charge in [-0.05, 0) is 39.7 Å². The van der Waals surface area contributed by atoms with Crippen molar-refractivity contribution in [3.8, 4) is 0 Å². The lowest BCUT2D eigenvalue weighted by molar-refractivity contribution is 1.48. The minimum Gasteiger partial charge on any atom is -0.254 e. The molecule has 3 heteroatoms. The summed E-state index contributed by atoms with van der Waals surface area (Å²) < 4.78 is 3.65. The van der Waals surface area contributed by atoms with E-state index in [1.807, 2.05) is 11.3 Å². The molecule has 122 valence electrons. The van der Waals surface area contributed by atoms with Crippen LogP contribution in [-0.2, 0) is 0 Å². The Hall–Kier alpha value is -2.49. The molecule has 0 aliphatic heterocycles. The highest BCUT2D eigenvalue weighted by molar-refractivity contribution is 9.10. The van der Waals surface area contributed by atoms with Crippen molar-refractivity contribution in [2.45, 2.75) is 0 Å². The molecule has 0 aliphatic rings. The molecule has 0 saturated carbocycles. The largest absolute Gasteiger partial charge is 0.254 e. The number of fused-ring (bicyclic) bond motifs is 10. The molecule has 6 rings (SSSR count). The maximum atomic E-state index is 4.89. The van der Waals surface area contributed by atoms with Gasteiger partial charge < -0.3 is 0 Å². The first kappa shape index (κ1) is 14.7. The second-order valence-corrected chi connectivity index (χ2v) is 8.53. The van der Waals surface area contributed by atoms with E-state index in [4.69, 9.17) is 4.98 Å². The number of halogens is 1. The molecule has 2 aromatic heterocycles. The first-order valence-electron chi connectivity index (χ1n) is 8.51. The molecule has 0 atom stereocenters. The topological polar surface area (TPSA) is 12.9 Å². The summed E-state index contributed by atoms with van der Waals surface area (Å²) in [5.41, 5.74) is 1.10. The summed E-state index contributed by atoms with van der Waals surface area (Å²) in [6, 6.07) is 23.8. The highest BCUT2D eigenvalue weighted by Gasteiger charge is 2.15. The molecule has 26 heavy (non-hydrogen) atoms. The third-order valence-corrected chi connectivity index (χ3v) is 6.82. The lowest BCUT2D eigenvalue weighted by atomic mass is 9.95. The minimum atomic E-state index is 1.09. The Morgan fingerprint density at radius 3 is 2.12 bits per heavy atom. The quantitative estimate of drug-likeness (QED) is 0.232. The number of thiophene rings is 1. The summed E-state index contributed by atoms with van der Waals surface area (Å²) in [5, 5.41) is 8.95. The molecule has 0 N–H and O–H groups in total. The SMILES string of the molecule is Brc1ccc2sc3c(ncc4c5ccccc5c5ccccc5c43)c2c1. The zero-order valence-electron chi connectivity index (χ0n) is 13.7. The van der Waals surface area contributed by atoms with Gasteiger partial charge in [0.2, 0.25) is 0 Å². The van der Waals surface area contributed by atoms with Crippen LogP contribution in [-0.4, -0.2) is 4.98 Å². The standard InChI is InChI=1S/C23H12BrNS/c24-13-9-10-20-18(11-13)22-23(26-20)21-17-8-4-3-6-15(17)14-5-1-2-7-16(14)19(21)12-25-22/h1-12H. The third-order valence-electron chi connectivity index (χ3n) is 5.15. The van der Waals surface area contributed by atoms with Crippen molar-refractivity contribution in [3.63, 3.8) is 0 Å². The van der Waals surface area contributed by atoms with Gasteiger partial charge in [0.1, 0.15) is 0 Å². The fraction of sp³-hybridized carbons (Fsp3) is 0. The normalized spacial score (nSPS) is 12.0. The Bertz CT molecular complexity index is 1460. The maximum Gasteiger partial charge on any atom is 0.0895 e. The van der Waals surface area contributed by atoms with Crippen LogP contribution in [0.5, 0.6) is 0 Å². The van der Waals surface area contributed by atoms with Gasteiger partial charge >= 0.3 is 0 Å². The summed E-state index contributed by atoms with van der Waals surface area (Å²) >= 11 is 5.44. The van der Waals surface area contributed by atoms with Crippen LogP contribution in [0.1, 0.15) is 0 Å². The summed E-state index contributed by atoms with van der Waals surface area (Å²) in [5.74, 6) is 0. The summed E-state index contributed by atoms with van der Waals surface area (Å²) in [6.07, 6.45) is 2.06. The van der Waals surface area contributed by atoms with Gasteiger partial charge in [0.05, 0.1) is 10.2 Å². The van der Waals surface area contributed by atoms with E-state index in [0.29, 0.717) is 0 Å². The second kappa shape index (κ2) is 5.26. The Morgan fingerprint density at radius 1 is 0.692 bits per heavy atom. The smallest absolute Gasteiger partial charge is 0.0895 e. The number of hydrogen-bond donors (Lipinski definition) is 0. The molecule has 0 saturated heterocycles. The first-order chi connectivity index (χ1) is 12.8. The van der Waals surface area contributed by atoms with Gasteiger partial charge in [-0.3, -0.25) is 4.98 Å². The number of hydrogen-bond acceptors (Lipinski definition) is 2.